The van der Waals surface area contributed by atoms with Gasteiger partial charge in [0.15, 0.2) is 0 Å². The first kappa shape index (κ1) is 8.17. The predicted molar refractivity (Wildman–Crippen MR) is 42.8 cm³/mol. The molecule has 0 aliphatic carbocycles. The van der Waals surface area contributed by atoms with E-state index in [0.29, 0.717) is 0 Å². The van der Waals surface area contributed by atoms with Crippen LogP contribution in [-0.4, -0.2) is 16.2 Å². The van der Waals surface area contributed by atoms with E-state index in [1.54, 1.807) is 19.2 Å². The van der Waals surface area contributed by atoms with Gasteiger partial charge in [0.25, 0.3) is 0 Å². The number of rotatable bonds is 2. The summed E-state index contributed by atoms with van der Waals surface area (Å²) >= 11 is 0. The fraction of sp³-hybridized carbons (Fsp3) is 0.375. The van der Waals surface area contributed by atoms with Gasteiger partial charge in [0.1, 0.15) is 0 Å². The Morgan fingerprint density at radius 2 is 2.27 bits per heavy atom. The van der Waals surface area contributed by atoms with Crippen LogP contribution < -0.4 is 5.73 Å². The molecule has 0 aliphatic heterocycles. The SMILES string of the molecule is C[C@H](O)[C@H](N)c1ccccn1. The third-order valence-electron chi connectivity index (χ3n) is 1.55. The Balaban J connectivity index is 2.77. The molecule has 0 spiro atoms. The lowest BCUT2D eigenvalue weighted by Gasteiger charge is -2.12. The van der Waals surface area contributed by atoms with E-state index in [-0.39, 0.29) is 6.04 Å². The first-order valence-corrected chi connectivity index (χ1v) is 3.56. The van der Waals surface area contributed by atoms with Crippen LogP contribution in [0.1, 0.15) is 18.7 Å². The van der Waals surface area contributed by atoms with E-state index in [9.17, 15) is 0 Å². The van der Waals surface area contributed by atoms with Gasteiger partial charge in [-0.15, -0.1) is 0 Å². The molecule has 0 amide bonds. The van der Waals surface area contributed by atoms with Gasteiger partial charge < -0.3 is 10.8 Å². The van der Waals surface area contributed by atoms with E-state index in [1.807, 2.05) is 12.1 Å². The number of nitrogens with zero attached hydrogens (tertiary/aromatic N) is 1. The van der Waals surface area contributed by atoms with Crippen LogP contribution in [0.25, 0.3) is 0 Å². The molecule has 0 saturated carbocycles. The molecule has 60 valence electrons. The average molecular weight is 152 g/mol. The van der Waals surface area contributed by atoms with Gasteiger partial charge in [-0.05, 0) is 19.1 Å². The molecule has 0 saturated heterocycles. The summed E-state index contributed by atoms with van der Waals surface area (Å²) in [7, 11) is 0. The zero-order chi connectivity index (χ0) is 8.27. The molecule has 11 heavy (non-hydrogen) atoms. The molecule has 3 heteroatoms. The second-order valence-corrected chi connectivity index (χ2v) is 2.52. The molecule has 1 heterocycles. The van der Waals surface area contributed by atoms with Crippen LogP contribution in [-0.2, 0) is 0 Å². The Morgan fingerprint density at radius 3 is 2.73 bits per heavy atom. The van der Waals surface area contributed by atoms with Gasteiger partial charge in [-0.25, -0.2) is 0 Å². The molecule has 3 N–H and O–H groups in total. The highest BCUT2D eigenvalue weighted by Crippen LogP contribution is 2.09. The highest BCUT2D eigenvalue weighted by atomic mass is 16.3. The van der Waals surface area contributed by atoms with E-state index in [0.717, 1.165) is 5.69 Å². The molecule has 0 aromatic carbocycles. The first-order chi connectivity index (χ1) is 5.22. The van der Waals surface area contributed by atoms with Gasteiger partial charge in [-0.2, -0.15) is 0 Å². The van der Waals surface area contributed by atoms with Crippen molar-refractivity contribution in [1.82, 2.24) is 4.98 Å². The van der Waals surface area contributed by atoms with Crippen molar-refractivity contribution >= 4 is 0 Å². The standard InChI is InChI=1S/C8H12N2O/c1-6(11)8(9)7-4-2-3-5-10-7/h2-6,8,11H,9H2,1H3/t6-,8-/m0/s1. The minimum Gasteiger partial charge on any atom is -0.391 e. The molecule has 0 aliphatic rings. The van der Waals surface area contributed by atoms with Crippen LogP contribution in [0.3, 0.4) is 0 Å². The van der Waals surface area contributed by atoms with Crippen LogP contribution in [0.15, 0.2) is 24.4 Å². The van der Waals surface area contributed by atoms with Crippen molar-refractivity contribution in [3.05, 3.63) is 30.1 Å². The predicted octanol–water partition coefficient (Wildman–Crippen LogP) is 0.462. The fourth-order valence-corrected chi connectivity index (χ4v) is 0.820. The van der Waals surface area contributed by atoms with E-state index in [1.165, 1.54) is 0 Å². The van der Waals surface area contributed by atoms with Crippen molar-refractivity contribution in [2.75, 3.05) is 0 Å². The molecule has 1 rings (SSSR count). The quantitative estimate of drug-likeness (QED) is 0.647. The third-order valence-corrected chi connectivity index (χ3v) is 1.55. The minimum absolute atomic E-state index is 0.379. The largest absolute Gasteiger partial charge is 0.391 e. The van der Waals surface area contributed by atoms with Crippen LogP contribution >= 0.6 is 0 Å². The zero-order valence-corrected chi connectivity index (χ0v) is 6.44. The molecule has 1 aromatic rings. The normalized spacial score (nSPS) is 15.9. The number of hydrogen-bond acceptors (Lipinski definition) is 3. The molecule has 0 radical (unpaired) electrons. The maximum absolute atomic E-state index is 9.11. The van der Waals surface area contributed by atoms with Crippen LogP contribution in [0, 0.1) is 0 Å². The van der Waals surface area contributed by atoms with Crippen molar-refractivity contribution in [2.45, 2.75) is 19.1 Å². The summed E-state index contributed by atoms with van der Waals surface area (Å²) < 4.78 is 0. The average Bonchev–Trinajstić information content (AvgIpc) is 2.05. The van der Waals surface area contributed by atoms with Gasteiger partial charge in [-0.3, -0.25) is 4.98 Å². The van der Waals surface area contributed by atoms with Crippen LogP contribution in [0.2, 0.25) is 0 Å². The minimum atomic E-state index is -0.551. The molecular formula is C8H12N2O. The van der Waals surface area contributed by atoms with E-state index >= 15 is 0 Å². The summed E-state index contributed by atoms with van der Waals surface area (Å²) in [5, 5.41) is 9.11. The second-order valence-electron chi connectivity index (χ2n) is 2.52. The molecule has 0 bridgehead atoms. The van der Waals surface area contributed by atoms with Crippen molar-refractivity contribution < 1.29 is 5.11 Å². The Bertz CT molecular complexity index is 211. The van der Waals surface area contributed by atoms with Gasteiger partial charge in [0, 0.05) is 6.20 Å². The topological polar surface area (TPSA) is 59.1 Å². The van der Waals surface area contributed by atoms with Crippen molar-refractivity contribution in [1.29, 1.82) is 0 Å². The van der Waals surface area contributed by atoms with Gasteiger partial charge >= 0.3 is 0 Å². The summed E-state index contributed by atoms with van der Waals surface area (Å²) in [6.45, 7) is 1.65. The maximum atomic E-state index is 9.11. The van der Waals surface area contributed by atoms with E-state index < -0.39 is 6.10 Å². The smallest absolute Gasteiger partial charge is 0.0730 e. The van der Waals surface area contributed by atoms with Crippen LogP contribution in [0.4, 0.5) is 0 Å². The molecular weight excluding hydrogens is 140 g/mol. The van der Waals surface area contributed by atoms with Crippen molar-refractivity contribution in [3.8, 4) is 0 Å². The summed E-state index contributed by atoms with van der Waals surface area (Å²) in [6, 6.07) is 5.09. The lowest BCUT2D eigenvalue weighted by Crippen LogP contribution is -2.23. The van der Waals surface area contributed by atoms with Crippen molar-refractivity contribution in [3.63, 3.8) is 0 Å². The number of hydrogen-bond donors (Lipinski definition) is 2. The monoisotopic (exact) mass is 152 g/mol. The Kier molecular flexibility index (Phi) is 2.57. The van der Waals surface area contributed by atoms with Gasteiger partial charge in [0.2, 0.25) is 0 Å². The number of nitrogens with two attached hydrogens (primary N) is 1. The lowest BCUT2D eigenvalue weighted by atomic mass is 10.1. The molecule has 0 fully saturated rings. The summed E-state index contributed by atoms with van der Waals surface area (Å²) in [4.78, 5) is 4.01. The lowest BCUT2D eigenvalue weighted by molar-refractivity contribution is 0.162. The number of aliphatic hydroxyl groups excluding tert-OH is 1. The Labute approximate surface area is 65.9 Å². The highest BCUT2D eigenvalue weighted by molar-refractivity contribution is 5.08. The third kappa shape index (κ3) is 2.00. The summed E-state index contributed by atoms with van der Waals surface area (Å²) in [5.41, 5.74) is 6.35. The number of aliphatic hydroxyl groups is 1. The van der Waals surface area contributed by atoms with Gasteiger partial charge in [0.05, 0.1) is 17.8 Å². The van der Waals surface area contributed by atoms with E-state index in [2.05, 4.69) is 4.98 Å². The van der Waals surface area contributed by atoms with E-state index in [4.69, 9.17) is 10.8 Å². The Hall–Kier alpha value is -0.930. The van der Waals surface area contributed by atoms with Crippen molar-refractivity contribution in [2.24, 2.45) is 5.73 Å². The molecule has 3 nitrogen and oxygen atoms in total. The summed E-state index contributed by atoms with van der Waals surface area (Å²) in [5.74, 6) is 0. The Morgan fingerprint density at radius 1 is 1.55 bits per heavy atom. The molecule has 1 aromatic heterocycles. The number of aromatic nitrogens is 1. The molecule has 2 atom stereocenters. The van der Waals surface area contributed by atoms with Crippen LogP contribution in [0.5, 0.6) is 0 Å². The fourth-order valence-electron chi connectivity index (χ4n) is 0.820. The molecule has 0 unspecified atom stereocenters. The first-order valence-electron chi connectivity index (χ1n) is 3.56. The second kappa shape index (κ2) is 3.46. The highest BCUT2D eigenvalue weighted by Gasteiger charge is 2.11. The maximum Gasteiger partial charge on any atom is 0.0730 e. The zero-order valence-electron chi connectivity index (χ0n) is 6.44. The number of pyridine rings is 1. The summed E-state index contributed by atoms with van der Waals surface area (Å²) in [6.07, 6.45) is 1.11. The van der Waals surface area contributed by atoms with Gasteiger partial charge in [-0.1, -0.05) is 6.07 Å².